The van der Waals surface area contributed by atoms with E-state index in [4.69, 9.17) is 11.6 Å². The number of hydrogen-bond donors (Lipinski definition) is 0. The molecule has 4 aromatic carbocycles. The molecular formula is C24H17Cl. The highest BCUT2D eigenvalue weighted by atomic mass is 35.5. The van der Waals surface area contributed by atoms with Crippen LogP contribution in [0.5, 0.6) is 0 Å². The molecule has 0 unspecified atom stereocenters. The van der Waals surface area contributed by atoms with Gasteiger partial charge in [0.25, 0.3) is 0 Å². The number of hydrogen-bond acceptors (Lipinski definition) is 0. The molecule has 25 heavy (non-hydrogen) atoms. The van der Waals surface area contributed by atoms with Crippen LogP contribution in [0.2, 0.25) is 5.02 Å². The van der Waals surface area contributed by atoms with Gasteiger partial charge in [0, 0.05) is 5.02 Å². The Morgan fingerprint density at radius 2 is 0.880 bits per heavy atom. The van der Waals surface area contributed by atoms with Gasteiger partial charge in [0.15, 0.2) is 0 Å². The van der Waals surface area contributed by atoms with Crippen molar-refractivity contribution in [2.45, 2.75) is 0 Å². The molecule has 0 amide bonds. The van der Waals surface area contributed by atoms with Crippen LogP contribution < -0.4 is 0 Å². The molecule has 120 valence electrons. The standard InChI is InChI=1S/C24H17Cl/c25-22-15-16-23(24(17-22)20-9-5-2-6-10-20)21-13-11-19(12-14-21)18-7-3-1-4-8-18/h1-17H. The molecule has 4 rings (SSSR count). The van der Waals surface area contributed by atoms with Gasteiger partial charge in [-0.3, -0.25) is 0 Å². The van der Waals surface area contributed by atoms with Crippen molar-refractivity contribution in [3.05, 3.63) is 108 Å². The zero-order valence-electron chi connectivity index (χ0n) is 13.7. The van der Waals surface area contributed by atoms with Crippen LogP contribution in [0.15, 0.2) is 103 Å². The minimum Gasteiger partial charge on any atom is -0.0843 e. The van der Waals surface area contributed by atoms with Gasteiger partial charge < -0.3 is 0 Å². The molecule has 0 heterocycles. The summed E-state index contributed by atoms with van der Waals surface area (Å²) in [5, 5.41) is 0.753. The normalized spacial score (nSPS) is 10.6. The third kappa shape index (κ3) is 3.35. The summed E-state index contributed by atoms with van der Waals surface area (Å²) in [6, 6.07) is 35.6. The molecule has 0 fully saturated rings. The van der Waals surface area contributed by atoms with Gasteiger partial charge >= 0.3 is 0 Å². The van der Waals surface area contributed by atoms with Crippen molar-refractivity contribution in [2.24, 2.45) is 0 Å². The zero-order chi connectivity index (χ0) is 17.1. The fourth-order valence-corrected chi connectivity index (χ4v) is 3.27. The Morgan fingerprint density at radius 3 is 1.52 bits per heavy atom. The fraction of sp³-hybridized carbons (Fsp3) is 0. The predicted molar refractivity (Wildman–Crippen MR) is 108 cm³/mol. The maximum atomic E-state index is 6.26. The number of halogens is 1. The van der Waals surface area contributed by atoms with Crippen molar-refractivity contribution in [3.8, 4) is 33.4 Å². The minimum absolute atomic E-state index is 0.753. The lowest BCUT2D eigenvalue weighted by atomic mass is 9.93. The first-order valence-corrected chi connectivity index (χ1v) is 8.70. The van der Waals surface area contributed by atoms with E-state index in [2.05, 4.69) is 78.9 Å². The van der Waals surface area contributed by atoms with E-state index in [0.29, 0.717) is 0 Å². The Balaban J connectivity index is 1.78. The van der Waals surface area contributed by atoms with E-state index in [-0.39, 0.29) is 0 Å². The quantitative estimate of drug-likeness (QED) is 0.366. The van der Waals surface area contributed by atoms with Crippen molar-refractivity contribution in [1.29, 1.82) is 0 Å². The van der Waals surface area contributed by atoms with Crippen molar-refractivity contribution in [1.82, 2.24) is 0 Å². The molecule has 0 N–H and O–H groups in total. The average molecular weight is 341 g/mol. The summed E-state index contributed by atoms with van der Waals surface area (Å²) in [5.74, 6) is 0. The molecule has 1 heteroatoms. The zero-order valence-corrected chi connectivity index (χ0v) is 14.4. The first-order chi connectivity index (χ1) is 12.3. The lowest BCUT2D eigenvalue weighted by Crippen LogP contribution is -1.86. The van der Waals surface area contributed by atoms with Crippen molar-refractivity contribution in [3.63, 3.8) is 0 Å². The summed E-state index contributed by atoms with van der Waals surface area (Å²) in [5.41, 5.74) is 7.16. The molecule has 0 aliphatic rings. The van der Waals surface area contributed by atoms with E-state index in [1.807, 2.05) is 24.3 Å². The molecule has 0 aliphatic heterocycles. The van der Waals surface area contributed by atoms with Gasteiger partial charge in [0.2, 0.25) is 0 Å². The van der Waals surface area contributed by atoms with E-state index >= 15 is 0 Å². The van der Waals surface area contributed by atoms with Crippen LogP contribution in [-0.2, 0) is 0 Å². The van der Waals surface area contributed by atoms with Crippen molar-refractivity contribution < 1.29 is 0 Å². The average Bonchev–Trinajstić information content (AvgIpc) is 2.69. The lowest BCUT2D eigenvalue weighted by molar-refractivity contribution is 1.57. The summed E-state index contributed by atoms with van der Waals surface area (Å²) in [6.07, 6.45) is 0. The number of rotatable bonds is 3. The summed E-state index contributed by atoms with van der Waals surface area (Å²) in [6.45, 7) is 0. The van der Waals surface area contributed by atoms with E-state index in [0.717, 1.165) is 10.6 Å². The van der Waals surface area contributed by atoms with Crippen molar-refractivity contribution >= 4 is 11.6 Å². The molecule has 0 aliphatic carbocycles. The summed E-state index contributed by atoms with van der Waals surface area (Å²) in [4.78, 5) is 0. The van der Waals surface area contributed by atoms with Crippen molar-refractivity contribution in [2.75, 3.05) is 0 Å². The van der Waals surface area contributed by atoms with Gasteiger partial charge in [-0.1, -0.05) is 103 Å². The molecule has 4 aromatic rings. The molecule has 0 nitrogen and oxygen atoms in total. The Bertz CT molecular complexity index is 971. The Labute approximate surface area is 153 Å². The van der Waals surface area contributed by atoms with E-state index in [9.17, 15) is 0 Å². The first-order valence-electron chi connectivity index (χ1n) is 8.32. The second kappa shape index (κ2) is 6.96. The molecule has 0 spiro atoms. The Kier molecular flexibility index (Phi) is 4.37. The highest BCUT2D eigenvalue weighted by Gasteiger charge is 2.08. The van der Waals surface area contributed by atoms with E-state index < -0.39 is 0 Å². The van der Waals surface area contributed by atoms with Crippen LogP contribution >= 0.6 is 11.6 Å². The maximum Gasteiger partial charge on any atom is 0.0412 e. The minimum atomic E-state index is 0.753. The van der Waals surface area contributed by atoms with Gasteiger partial charge in [0.1, 0.15) is 0 Å². The van der Waals surface area contributed by atoms with Gasteiger partial charge in [-0.15, -0.1) is 0 Å². The van der Waals surface area contributed by atoms with Gasteiger partial charge in [0.05, 0.1) is 0 Å². The Hall–Kier alpha value is -2.83. The smallest absolute Gasteiger partial charge is 0.0412 e. The lowest BCUT2D eigenvalue weighted by Gasteiger charge is -2.12. The molecule has 0 bridgehead atoms. The highest BCUT2D eigenvalue weighted by molar-refractivity contribution is 6.31. The van der Waals surface area contributed by atoms with Gasteiger partial charge in [-0.25, -0.2) is 0 Å². The summed E-state index contributed by atoms with van der Waals surface area (Å²) >= 11 is 6.26. The molecular weight excluding hydrogens is 324 g/mol. The van der Waals surface area contributed by atoms with Crippen LogP contribution in [0.4, 0.5) is 0 Å². The topological polar surface area (TPSA) is 0 Å². The highest BCUT2D eigenvalue weighted by Crippen LogP contribution is 2.35. The third-order valence-electron chi connectivity index (χ3n) is 4.37. The Morgan fingerprint density at radius 1 is 0.400 bits per heavy atom. The van der Waals surface area contributed by atoms with Crippen LogP contribution in [0.25, 0.3) is 33.4 Å². The van der Waals surface area contributed by atoms with Crippen LogP contribution in [0, 0.1) is 0 Å². The van der Waals surface area contributed by atoms with Gasteiger partial charge in [-0.05, 0) is 45.5 Å². The van der Waals surface area contributed by atoms with E-state index in [1.54, 1.807) is 0 Å². The first kappa shape index (κ1) is 15.7. The second-order valence-electron chi connectivity index (χ2n) is 6.00. The summed E-state index contributed by atoms with van der Waals surface area (Å²) in [7, 11) is 0. The SMILES string of the molecule is Clc1ccc(-c2ccc(-c3ccccc3)cc2)c(-c2ccccc2)c1. The third-order valence-corrected chi connectivity index (χ3v) is 4.60. The largest absolute Gasteiger partial charge is 0.0843 e. The molecule has 0 saturated carbocycles. The number of benzene rings is 4. The molecule has 0 radical (unpaired) electrons. The van der Waals surface area contributed by atoms with Crippen LogP contribution in [0.3, 0.4) is 0 Å². The summed E-state index contributed by atoms with van der Waals surface area (Å²) < 4.78 is 0. The second-order valence-corrected chi connectivity index (χ2v) is 6.44. The fourth-order valence-electron chi connectivity index (χ4n) is 3.10. The molecule has 0 atom stereocenters. The van der Waals surface area contributed by atoms with Crippen LogP contribution in [0.1, 0.15) is 0 Å². The van der Waals surface area contributed by atoms with E-state index in [1.165, 1.54) is 27.8 Å². The predicted octanol–water partition coefficient (Wildman–Crippen LogP) is 7.34. The monoisotopic (exact) mass is 340 g/mol. The van der Waals surface area contributed by atoms with Crippen LogP contribution in [-0.4, -0.2) is 0 Å². The molecule has 0 saturated heterocycles. The molecule has 0 aromatic heterocycles. The van der Waals surface area contributed by atoms with Gasteiger partial charge in [-0.2, -0.15) is 0 Å². The maximum absolute atomic E-state index is 6.26.